The Labute approximate surface area is 212 Å². The molecule has 0 spiro atoms. The maximum Gasteiger partial charge on any atom is 0.333 e. The van der Waals surface area contributed by atoms with Gasteiger partial charge in [0.25, 0.3) is 5.91 Å². The van der Waals surface area contributed by atoms with Crippen LogP contribution in [0.4, 0.5) is 10.5 Å². The van der Waals surface area contributed by atoms with Crippen LogP contribution in [0, 0.1) is 5.92 Å². The number of likely N-dealkylation sites (tertiary alicyclic amines) is 1. The highest BCUT2D eigenvalue weighted by Gasteiger charge is 2.44. The lowest BCUT2D eigenvalue weighted by Crippen LogP contribution is -2.49. The first kappa shape index (κ1) is 23.0. The monoisotopic (exact) mass is 506 g/mol. The zero-order valence-electron chi connectivity index (χ0n) is 19.6. The Morgan fingerprint density at radius 2 is 1.86 bits per heavy atom. The first-order valence-corrected chi connectivity index (χ1v) is 13.0. The Balaban J connectivity index is 1.17. The van der Waals surface area contributed by atoms with E-state index in [1.54, 1.807) is 11.1 Å². The molecule has 2 aromatic rings. The van der Waals surface area contributed by atoms with Gasteiger partial charge in [0, 0.05) is 32.1 Å². The average Bonchev–Trinajstić information content (AvgIpc) is 3.64. The molecule has 186 valence electrons. The highest BCUT2D eigenvalue weighted by atomic mass is 32.1. The first-order chi connectivity index (χ1) is 17.6. The molecule has 1 aromatic heterocycles. The van der Waals surface area contributed by atoms with E-state index in [4.69, 9.17) is 4.74 Å². The van der Waals surface area contributed by atoms with Crippen molar-refractivity contribution in [2.75, 3.05) is 44.7 Å². The number of piperidine rings is 1. The van der Waals surface area contributed by atoms with Crippen LogP contribution < -0.4 is 10.7 Å². The summed E-state index contributed by atoms with van der Waals surface area (Å²) in [5.74, 6) is -0.00256. The van der Waals surface area contributed by atoms with Crippen molar-refractivity contribution in [2.45, 2.75) is 18.9 Å². The van der Waals surface area contributed by atoms with Crippen LogP contribution in [0.5, 0.6) is 0 Å². The van der Waals surface area contributed by atoms with E-state index in [0.29, 0.717) is 56.2 Å². The number of hydrazine groups is 1. The fraction of sp³-hybridized carbons (Fsp3) is 0.400. The van der Waals surface area contributed by atoms with Crippen LogP contribution in [0.1, 0.15) is 44.5 Å². The fourth-order valence-corrected chi connectivity index (χ4v) is 5.99. The van der Waals surface area contributed by atoms with Crippen LogP contribution in [0.15, 0.2) is 57.2 Å². The number of rotatable bonds is 4. The number of carbonyl (C=O) groups excluding carboxylic acids is 3. The average molecular weight is 507 g/mol. The van der Waals surface area contributed by atoms with Crippen molar-refractivity contribution in [2.24, 2.45) is 16.1 Å². The Bertz CT molecular complexity index is 1260. The van der Waals surface area contributed by atoms with E-state index in [0.717, 1.165) is 29.0 Å². The molecule has 1 aliphatic carbocycles. The van der Waals surface area contributed by atoms with E-state index in [9.17, 15) is 14.4 Å². The SMILES string of the molecule is O=C(Nc1cccc2c1C(=O)C1=C(C3CCN(C(=O)c4cccs4)CC3)N=NC12)NN1CCOCC1. The van der Waals surface area contributed by atoms with Crippen molar-refractivity contribution in [3.05, 3.63) is 63.0 Å². The zero-order chi connectivity index (χ0) is 24.6. The van der Waals surface area contributed by atoms with Crippen LogP contribution in [0.3, 0.4) is 0 Å². The number of azo groups is 1. The molecule has 1 atom stereocenters. The largest absolute Gasteiger partial charge is 0.379 e. The number of amides is 3. The van der Waals surface area contributed by atoms with E-state index < -0.39 is 12.1 Å². The van der Waals surface area contributed by atoms with Crippen molar-refractivity contribution < 1.29 is 19.1 Å². The number of anilines is 1. The third-order valence-corrected chi connectivity index (χ3v) is 7.97. The summed E-state index contributed by atoms with van der Waals surface area (Å²) in [5, 5.41) is 15.4. The lowest BCUT2D eigenvalue weighted by molar-refractivity contribution is 0.0207. The number of thiophene rings is 1. The van der Waals surface area contributed by atoms with E-state index in [1.807, 2.05) is 34.5 Å². The molecule has 36 heavy (non-hydrogen) atoms. The van der Waals surface area contributed by atoms with Crippen LogP contribution in [-0.4, -0.2) is 67.0 Å². The molecule has 1 unspecified atom stereocenters. The molecule has 4 aliphatic rings. The summed E-state index contributed by atoms with van der Waals surface area (Å²) in [4.78, 5) is 41.5. The number of benzene rings is 1. The van der Waals surface area contributed by atoms with Crippen molar-refractivity contribution in [1.29, 1.82) is 0 Å². The van der Waals surface area contributed by atoms with Crippen molar-refractivity contribution in [3.63, 3.8) is 0 Å². The smallest absolute Gasteiger partial charge is 0.333 e. The van der Waals surface area contributed by atoms with E-state index in [2.05, 4.69) is 21.0 Å². The van der Waals surface area contributed by atoms with Gasteiger partial charge in [0.2, 0.25) is 0 Å². The van der Waals surface area contributed by atoms with E-state index >= 15 is 0 Å². The van der Waals surface area contributed by atoms with Crippen LogP contribution in [0.2, 0.25) is 0 Å². The number of fused-ring (bicyclic) bond motifs is 3. The lowest BCUT2D eigenvalue weighted by Gasteiger charge is -2.31. The fourth-order valence-electron chi connectivity index (χ4n) is 5.30. The molecule has 2 N–H and O–H groups in total. The zero-order valence-corrected chi connectivity index (χ0v) is 20.4. The number of urea groups is 1. The number of allylic oxidation sites excluding steroid dienone is 1. The van der Waals surface area contributed by atoms with Gasteiger partial charge < -0.3 is 15.0 Å². The topological polar surface area (TPSA) is 116 Å². The minimum atomic E-state index is -0.433. The first-order valence-electron chi connectivity index (χ1n) is 12.2. The number of nitrogens with zero attached hydrogens (tertiary/aromatic N) is 4. The second-order valence-corrected chi connectivity index (χ2v) is 10.2. The number of nitrogens with one attached hydrogen (secondary N) is 2. The summed E-state index contributed by atoms with van der Waals surface area (Å²) in [6.07, 6.45) is 1.47. The normalized spacial score (nSPS) is 22.1. The highest BCUT2D eigenvalue weighted by molar-refractivity contribution is 7.12. The Morgan fingerprint density at radius 1 is 1.06 bits per heavy atom. The molecule has 3 aliphatic heterocycles. The number of ketones is 1. The maximum absolute atomic E-state index is 13.6. The van der Waals surface area contributed by atoms with Crippen molar-refractivity contribution in [1.82, 2.24) is 15.3 Å². The Hall–Kier alpha value is -3.41. The van der Waals surface area contributed by atoms with Gasteiger partial charge in [-0.1, -0.05) is 18.2 Å². The summed E-state index contributed by atoms with van der Waals surface area (Å²) in [6, 6.07) is 8.34. The molecule has 10 nitrogen and oxygen atoms in total. The second kappa shape index (κ2) is 9.57. The predicted octanol–water partition coefficient (Wildman–Crippen LogP) is 3.63. The van der Waals surface area contributed by atoms with Gasteiger partial charge in [-0.05, 0) is 35.9 Å². The minimum absolute atomic E-state index is 0.0578. The summed E-state index contributed by atoms with van der Waals surface area (Å²) in [6.45, 7) is 3.57. The molecule has 4 heterocycles. The van der Waals surface area contributed by atoms with Gasteiger partial charge in [0.05, 0.1) is 40.6 Å². The Morgan fingerprint density at radius 3 is 2.61 bits per heavy atom. The van der Waals surface area contributed by atoms with Gasteiger partial charge in [0.15, 0.2) is 5.78 Å². The van der Waals surface area contributed by atoms with Gasteiger partial charge in [-0.15, -0.1) is 11.3 Å². The number of hydrogen-bond acceptors (Lipinski definition) is 8. The maximum atomic E-state index is 13.6. The second-order valence-electron chi connectivity index (χ2n) is 9.22. The number of morpholine rings is 1. The summed E-state index contributed by atoms with van der Waals surface area (Å²) >= 11 is 1.45. The minimum Gasteiger partial charge on any atom is -0.379 e. The van der Waals surface area contributed by atoms with Crippen LogP contribution >= 0.6 is 11.3 Å². The number of hydrogen-bond donors (Lipinski definition) is 2. The molecule has 2 fully saturated rings. The molecule has 0 bridgehead atoms. The quantitative estimate of drug-likeness (QED) is 0.657. The summed E-state index contributed by atoms with van der Waals surface area (Å²) < 4.78 is 5.31. The number of ether oxygens (including phenoxy) is 1. The third kappa shape index (κ3) is 4.12. The van der Waals surface area contributed by atoms with Crippen LogP contribution in [0.25, 0.3) is 0 Å². The standard InChI is InChI=1S/C25H26N6O4S/c32-23-19-16(3-1-4-17(19)26-25(34)29-31-10-12-35-13-11-31)22-20(23)21(27-28-22)15-6-8-30(9-7-15)24(33)18-5-2-14-36-18/h1-5,14-15,22H,6-13H2,(H2,26,29,34). The van der Waals surface area contributed by atoms with Crippen molar-refractivity contribution in [3.8, 4) is 0 Å². The highest BCUT2D eigenvalue weighted by Crippen LogP contribution is 2.49. The third-order valence-electron chi connectivity index (χ3n) is 7.11. The molecule has 1 aromatic carbocycles. The summed E-state index contributed by atoms with van der Waals surface area (Å²) in [5.41, 5.74) is 5.87. The lowest BCUT2D eigenvalue weighted by atomic mass is 9.89. The van der Waals surface area contributed by atoms with Gasteiger partial charge in [-0.3, -0.25) is 15.0 Å². The molecule has 6 rings (SSSR count). The van der Waals surface area contributed by atoms with Crippen LogP contribution in [-0.2, 0) is 4.74 Å². The predicted molar refractivity (Wildman–Crippen MR) is 133 cm³/mol. The van der Waals surface area contributed by atoms with E-state index in [-0.39, 0.29) is 17.6 Å². The molecule has 2 saturated heterocycles. The molecule has 3 amide bonds. The van der Waals surface area contributed by atoms with Gasteiger partial charge >= 0.3 is 6.03 Å². The molecule has 0 saturated carbocycles. The van der Waals surface area contributed by atoms with Crippen molar-refractivity contribution >= 4 is 34.7 Å². The van der Waals surface area contributed by atoms with Gasteiger partial charge in [-0.2, -0.15) is 10.2 Å². The number of Topliss-reactive ketones (excluding diaryl/α,β-unsaturated/α-hetero) is 1. The molecular weight excluding hydrogens is 480 g/mol. The molecule has 11 heteroatoms. The Kier molecular flexibility index (Phi) is 6.12. The van der Waals surface area contributed by atoms with Gasteiger partial charge in [-0.25, -0.2) is 9.80 Å². The van der Waals surface area contributed by atoms with E-state index in [1.165, 1.54) is 11.3 Å². The molecule has 0 radical (unpaired) electrons. The van der Waals surface area contributed by atoms with Gasteiger partial charge in [0.1, 0.15) is 6.04 Å². The molecular formula is C25H26N6O4S. The number of carbonyl (C=O) groups is 3. The summed E-state index contributed by atoms with van der Waals surface area (Å²) in [7, 11) is 0.